The first-order valence-corrected chi connectivity index (χ1v) is 30.2. The summed E-state index contributed by atoms with van der Waals surface area (Å²) in [6.07, 6.45) is 80.1. The van der Waals surface area contributed by atoms with E-state index >= 15 is 0 Å². The van der Waals surface area contributed by atoms with E-state index in [1.54, 1.807) is 0 Å². The molecular weight excluding hydrogens is 889 g/mol. The molecule has 0 bridgehead atoms. The second-order valence-corrected chi connectivity index (χ2v) is 19.9. The smallest absolute Gasteiger partial charge is 0.306 e. The van der Waals surface area contributed by atoms with Crippen LogP contribution in [0.4, 0.5) is 0 Å². The molecule has 0 rings (SSSR count). The molecule has 6 nitrogen and oxygen atoms in total. The molecule has 0 aromatic rings. The zero-order valence-electron chi connectivity index (χ0n) is 47.2. The Hall–Kier alpha value is -3.67. The molecule has 412 valence electrons. The number of ether oxygens (including phenoxy) is 3. The Morgan fingerprint density at radius 3 is 0.847 bits per heavy atom. The van der Waals surface area contributed by atoms with Gasteiger partial charge in [-0.3, -0.25) is 14.4 Å². The van der Waals surface area contributed by atoms with E-state index in [-0.39, 0.29) is 31.1 Å². The topological polar surface area (TPSA) is 78.9 Å². The van der Waals surface area contributed by atoms with Crippen molar-refractivity contribution in [2.75, 3.05) is 13.2 Å². The predicted molar refractivity (Wildman–Crippen MR) is 311 cm³/mol. The van der Waals surface area contributed by atoms with Crippen LogP contribution in [0, 0.1) is 0 Å². The Morgan fingerprint density at radius 1 is 0.292 bits per heavy atom. The monoisotopic (exact) mass is 1000 g/mol. The number of hydrogen-bond acceptors (Lipinski definition) is 6. The fraction of sp³-hybridized carbons (Fsp3) is 0.712. The van der Waals surface area contributed by atoms with Crippen LogP contribution < -0.4 is 0 Å². The van der Waals surface area contributed by atoms with E-state index in [1.165, 1.54) is 135 Å². The minimum atomic E-state index is -0.772. The van der Waals surface area contributed by atoms with Gasteiger partial charge in [0.25, 0.3) is 0 Å². The fourth-order valence-electron chi connectivity index (χ4n) is 8.34. The SMILES string of the molecule is CC/C=C\C/C=C\C/C=C\C/C=C\C/C=C\C/C=C\C/C=C\C/C=C\CCCCCCCCCCCCC(=O)OCC(COC(=O)CCCCCCCCC)OC(=O)CCCCCCCCCCCCCC. The molecule has 1 unspecified atom stereocenters. The lowest BCUT2D eigenvalue weighted by Crippen LogP contribution is -2.30. The van der Waals surface area contributed by atoms with E-state index in [0.717, 1.165) is 109 Å². The van der Waals surface area contributed by atoms with Crippen LogP contribution >= 0.6 is 0 Å². The predicted octanol–water partition coefficient (Wildman–Crippen LogP) is 20.5. The minimum Gasteiger partial charge on any atom is -0.462 e. The molecule has 0 radical (unpaired) electrons. The molecule has 0 aromatic carbocycles. The molecule has 0 saturated carbocycles. The summed E-state index contributed by atoms with van der Waals surface area (Å²) in [4.78, 5) is 37.9. The van der Waals surface area contributed by atoms with Crippen LogP contribution in [0.5, 0.6) is 0 Å². The van der Waals surface area contributed by atoms with E-state index in [2.05, 4.69) is 118 Å². The number of rotatable bonds is 54. The maximum Gasteiger partial charge on any atom is 0.306 e. The van der Waals surface area contributed by atoms with Gasteiger partial charge in [0.05, 0.1) is 0 Å². The highest BCUT2D eigenvalue weighted by molar-refractivity contribution is 5.71. The number of carbonyl (C=O) groups excluding carboxylic acids is 3. The quantitative estimate of drug-likeness (QED) is 0.0261. The third-order valence-corrected chi connectivity index (χ3v) is 12.9. The molecule has 6 heteroatoms. The number of esters is 3. The molecule has 0 heterocycles. The molecule has 72 heavy (non-hydrogen) atoms. The zero-order valence-corrected chi connectivity index (χ0v) is 47.2. The van der Waals surface area contributed by atoms with Crippen molar-refractivity contribution in [2.45, 2.75) is 290 Å². The Kier molecular flexibility index (Phi) is 56.8. The molecule has 1 atom stereocenters. The molecule has 0 aliphatic heterocycles. The average molecular weight is 1000 g/mol. The van der Waals surface area contributed by atoms with Gasteiger partial charge in [-0.2, -0.15) is 0 Å². The van der Waals surface area contributed by atoms with Gasteiger partial charge in [-0.1, -0.05) is 279 Å². The van der Waals surface area contributed by atoms with E-state index in [1.807, 2.05) is 0 Å². The van der Waals surface area contributed by atoms with Gasteiger partial charge < -0.3 is 14.2 Å². The number of carbonyl (C=O) groups is 3. The summed E-state index contributed by atoms with van der Waals surface area (Å²) in [5, 5.41) is 0. The van der Waals surface area contributed by atoms with Crippen molar-refractivity contribution in [3.05, 3.63) is 97.2 Å². The highest BCUT2D eigenvalue weighted by Gasteiger charge is 2.19. The van der Waals surface area contributed by atoms with Gasteiger partial charge in [-0.05, 0) is 83.5 Å². The standard InChI is InChI=1S/C66H112O6/c1-4-7-10-13-16-18-20-22-23-24-25-26-27-28-29-30-31-32-33-34-35-36-37-38-39-40-41-42-43-44-46-47-50-53-56-59-65(68)71-62-63(61-70-64(67)58-55-52-49-15-12-9-6-3)72-66(69)60-57-54-51-48-45-21-19-17-14-11-8-5-2/h7,10,16,18,22-23,25-26,28-29,31-32,34-35,37-38,63H,4-6,8-9,11-15,17,19-21,24,27,30,33,36,39-62H2,1-3H3/b10-7-,18-16-,23-22-,26-25-,29-28-,32-31-,35-34-,38-37-. The Morgan fingerprint density at radius 2 is 0.542 bits per heavy atom. The molecule has 0 N–H and O–H groups in total. The van der Waals surface area contributed by atoms with Gasteiger partial charge in [-0.15, -0.1) is 0 Å². The summed E-state index contributed by atoms with van der Waals surface area (Å²) in [6, 6.07) is 0. The number of allylic oxidation sites excluding steroid dienone is 16. The molecule has 0 aliphatic rings. The Labute approximate surface area is 445 Å². The van der Waals surface area contributed by atoms with Crippen LogP contribution in [-0.4, -0.2) is 37.2 Å². The summed E-state index contributed by atoms with van der Waals surface area (Å²) in [5.74, 6) is -0.880. The van der Waals surface area contributed by atoms with Crippen LogP contribution in [0.25, 0.3) is 0 Å². The molecule has 0 fully saturated rings. The lowest BCUT2D eigenvalue weighted by molar-refractivity contribution is -0.167. The lowest BCUT2D eigenvalue weighted by atomic mass is 10.0. The van der Waals surface area contributed by atoms with Crippen LogP contribution in [0.2, 0.25) is 0 Å². The van der Waals surface area contributed by atoms with Gasteiger partial charge in [0.1, 0.15) is 13.2 Å². The number of hydrogen-bond donors (Lipinski definition) is 0. The van der Waals surface area contributed by atoms with Gasteiger partial charge in [0, 0.05) is 19.3 Å². The van der Waals surface area contributed by atoms with Gasteiger partial charge in [0.15, 0.2) is 6.10 Å². The molecule has 0 saturated heterocycles. The van der Waals surface area contributed by atoms with Crippen LogP contribution in [0.3, 0.4) is 0 Å². The summed E-state index contributed by atoms with van der Waals surface area (Å²) >= 11 is 0. The minimum absolute atomic E-state index is 0.0744. The van der Waals surface area contributed by atoms with Crippen molar-refractivity contribution in [1.29, 1.82) is 0 Å². The Bertz CT molecular complexity index is 1430. The summed E-state index contributed by atoms with van der Waals surface area (Å²) < 4.78 is 16.8. The summed E-state index contributed by atoms with van der Waals surface area (Å²) in [7, 11) is 0. The fourth-order valence-corrected chi connectivity index (χ4v) is 8.34. The van der Waals surface area contributed by atoms with Crippen molar-refractivity contribution >= 4 is 17.9 Å². The first kappa shape index (κ1) is 68.3. The van der Waals surface area contributed by atoms with Crippen molar-refractivity contribution < 1.29 is 28.6 Å². The van der Waals surface area contributed by atoms with Crippen molar-refractivity contribution in [3.8, 4) is 0 Å². The van der Waals surface area contributed by atoms with Gasteiger partial charge in [0.2, 0.25) is 0 Å². The molecule has 0 aliphatic carbocycles. The van der Waals surface area contributed by atoms with Gasteiger partial charge >= 0.3 is 17.9 Å². The molecule has 0 spiro atoms. The first-order valence-electron chi connectivity index (χ1n) is 30.2. The van der Waals surface area contributed by atoms with Crippen LogP contribution in [0.15, 0.2) is 97.2 Å². The number of unbranched alkanes of at least 4 members (excludes halogenated alkanes) is 27. The molecule has 0 amide bonds. The van der Waals surface area contributed by atoms with Crippen molar-refractivity contribution in [2.24, 2.45) is 0 Å². The van der Waals surface area contributed by atoms with Crippen molar-refractivity contribution in [1.82, 2.24) is 0 Å². The highest BCUT2D eigenvalue weighted by atomic mass is 16.6. The highest BCUT2D eigenvalue weighted by Crippen LogP contribution is 2.16. The van der Waals surface area contributed by atoms with E-state index in [9.17, 15) is 14.4 Å². The summed E-state index contributed by atoms with van der Waals surface area (Å²) in [6.45, 7) is 6.48. The van der Waals surface area contributed by atoms with Crippen LogP contribution in [-0.2, 0) is 28.6 Å². The maximum atomic E-state index is 12.8. The third kappa shape index (κ3) is 57.2. The second-order valence-electron chi connectivity index (χ2n) is 19.9. The van der Waals surface area contributed by atoms with E-state index in [4.69, 9.17) is 14.2 Å². The summed E-state index contributed by atoms with van der Waals surface area (Å²) in [5.41, 5.74) is 0. The van der Waals surface area contributed by atoms with E-state index < -0.39 is 6.10 Å². The van der Waals surface area contributed by atoms with Gasteiger partial charge in [-0.25, -0.2) is 0 Å². The first-order chi connectivity index (χ1) is 35.5. The van der Waals surface area contributed by atoms with E-state index in [0.29, 0.717) is 19.3 Å². The maximum absolute atomic E-state index is 12.8. The second kappa shape index (κ2) is 59.9. The third-order valence-electron chi connectivity index (χ3n) is 12.9. The average Bonchev–Trinajstić information content (AvgIpc) is 3.38. The van der Waals surface area contributed by atoms with Crippen LogP contribution in [0.1, 0.15) is 284 Å². The Balaban J connectivity index is 4.04. The molecular formula is C66H112O6. The zero-order chi connectivity index (χ0) is 52.2. The largest absolute Gasteiger partial charge is 0.462 e. The normalized spacial score (nSPS) is 12.8. The lowest BCUT2D eigenvalue weighted by Gasteiger charge is -2.18. The van der Waals surface area contributed by atoms with Crippen molar-refractivity contribution in [3.63, 3.8) is 0 Å². The molecule has 0 aromatic heterocycles.